The summed E-state index contributed by atoms with van der Waals surface area (Å²) in [6.07, 6.45) is -0.653. The maximum Gasteiger partial charge on any atom is 0.194 e. The van der Waals surface area contributed by atoms with Gasteiger partial charge in [0.05, 0.1) is 24.6 Å². The first kappa shape index (κ1) is 31.9. The lowest BCUT2D eigenvalue weighted by atomic mass is 9.90. The minimum Gasteiger partial charge on any atom is -0.598 e. The average molecular weight is 628 g/mol. The number of nitrogens with zero attached hydrogens (tertiary/aromatic N) is 5. The fourth-order valence-corrected chi connectivity index (χ4v) is 7.02. The summed E-state index contributed by atoms with van der Waals surface area (Å²) in [6.45, 7) is 6.73. The number of aromatic nitrogens is 4. The zero-order chi connectivity index (χ0) is 31.1. The van der Waals surface area contributed by atoms with Gasteiger partial charge in [0.2, 0.25) is 0 Å². The van der Waals surface area contributed by atoms with E-state index in [9.17, 15) is 27.9 Å². The predicted octanol–water partition coefficient (Wildman–Crippen LogP) is 2.91. The van der Waals surface area contributed by atoms with Gasteiger partial charge in [-0.25, -0.2) is 17.9 Å². The maximum absolute atomic E-state index is 13.8. The zero-order valence-corrected chi connectivity index (χ0v) is 25.1. The average Bonchev–Trinajstić information content (AvgIpc) is 3.65. The Morgan fingerprint density at radius 1 is 1.12 bits per heavy atom. The van der Waals surface area contributed by atoms with Crippen LogP contribution in [0.3, 0.4) is 0 Å². The monoisotopic (exact) mass is 627 g/mol. The van der Waals surface area contributed by atoms with Gasteiger partial charge in [0, 0.05) is 55.5 Å². The van der Waals surface area contributed by atoms with E-state index in [2.05, 4.69) is 15.5 Å². The molecule has 43 heavy (non-hydrogen) atoms. The largest absolute Gasteiger partial charge is 0.598 e. The van der Waals surface area contributed by atoms with Crippen molar-refractivity contribution in [2.45, 2.75) is 81.2 Å². The van der Waals surface area contributed by atoms with Gasteiger partial charge in [0.1, 0.15) is 40.6 Å². The predicted molar refractivity (Wildman–Crippen MR) is 149 cm³/mol. The summed E-state index contributed by atoms with van der Waals surface area (Å²) in [4.78, 5) is 0. The van der Waals surface area contributed by atoms with Crippen molar-refractivity contribution in [3.63, 3.8) is 0 Å². The quantitative estimate of drug-likeness (QED) is 0.283. The highest BCUT2D eigenvalue weighted by Crippen LogP contribution is 2.36. The molecule has 0 aliphatic carbocycles. The van der Waals surface area contributed by atoms with Crippen LogP contribution in [0.4, 0.5) is 13.2 Å². The standard InChI is InChI=1S/C28H36F3N5O6S/c1-28(2,3)43(39)35-7-5-15(6-8-35)21-11-17(33-42-21)12-22-27(40-4)25(26(38)23(14-37)41-22)36-13-20(32-34-36)16-9-18(29)24(31)19(30)10-16/h9-11,13,15,22-23,25-27,37-38H,5-8,12,14H2,1-4H3/t22-,23-,25+,26+,27+,43?/m1/s1. The normalized spacial score (nSPS) is 26.6. The van der Waals surface area contributed by atoms with Crippen molar-refractivity contribution >= 4 is 11.4 Å². The number of aliphatic hydroxyl groups is 2. The van der Waals surface area contributed by atoms with Crippen molar-refractivity contribution in [1.82, 2.24) is 24.5 Å². The molecule has 1 aromatic carbocycles. The van der Waals surface area contributed by atoms with Crippen molar-refractivity contribution in [3.05, 3.63) is 53.3 Å². The van der Waals surface area contributed by atoms with Crippen LogP contribution in [0.2, 0.25) is 0 Å². The number of rotatable bonds is 8. The Labute approximate surface area is 250 Å². The van der Waals surface area contributed by atoms with Crippen LogP contribution in [0.25, 0.3) is 11.3 Å². The lowest BCUT2D eigenvalue weighted by Gasteiger charge is -2.43. The molecule has 11 nitrogen and oxygen atoms in total. The SMILES string of the molecule is CO[C@@H]1[C@@H](n2cc(-c3cc(F)c(F)c(F)c3)nn2)[C@@H](O)[C@@H](CO)O[C@@H]1Cc1cc(C2CCN([S+]([O-])C(C)(C)C)CC2)on1. The van der Waals surface area contributed by atoms with Gasteiger partial charge in [-0.1, -0.05) is 10.4 Å². The Kier molecular flexibility index (Phi) is 9.51. The Morgan fingerprint density at radius 2 is 1.79 bits per heavy atom. The second kappa shape index (κ2) is 12.8. The summed E-state index contributed by atoms with van der Waals surface area (Å²) in [5.74, 6) is -3.50. The molecule has 4 heterocycles. The number of halogens is 3. The van der Waals surface area contributed by atoms with E-state index in [0.29, 0.717) is 18.8 Å². The van der Waals surface area contributed by atoms with E-state index in [-0.39, 0.29) is 28.3 Å². The molecule has 2 aliphatic rings. The molecule has 0 saturated carbocycles. The van der Waals surface area contributed by atoms with Gasteiger partial charge < -0.3 is 28.8 Å². The van der Waals surface area contributed by atoms with Crippen LogP contribution in [0.5, 0.6) is 0 Å². The van der Waals surface area contributed by atoms with Gasteiger partial charge in [-0.3, -0.25) is 0 Å². The molecule has 0 radical (unpaired) electrons. The molecular formula is C28H36F3N5O6S. The van der Waals surface area contributed by atoms with Gasteiger partial charge in [0.25, 0.3) is 0 Å². The Morgan fingerprint density at radius 3 is 2.40 bits per heavy atom. The van der Waals surface area contributed by atoms with Crippen LogP contribution in [0.1, 0.15) is 57.0 Å². The molecule has 15 heteroatoms. The van der Waals surface area contributed by atoms with E-state index in [4.69, 9.17) is 14.0 Å². The summed E-state index contributed by atoms with van der Waals surface area (Å²) in [5, 5.41) is 33.3. The third-order valence-corrected chi connectivity index (χ3v) is 9.81. The molecule has 2 aromatic heterocycles. The van der Waals surface area contributed by atoms with Gasteiger partial charge in [-0.15, -0.1) is 9.40 Å². The van der Waals surface area contributed by atoms with Crippen LogP contribution in [0, 0.1) is 17.5 Å². The van der Waals surface area contributed by atoms with E-state index < -0.39 is 65.9 Å². The Hall–Kier alpha value is -2.53. The van der Waals surface area contributed by atoms with Gasteiger partial charge >= 0.3 is 0 Å². The van der Waals surface area contributed by atoms with E-state index in [1.165, 1.54) is 18.0 Å². The van der Waals surface area contributed by atoms with E-state index >= 15 is 0 Å². The number of benzene rings is 1. The van der Waals surface area contributed by atoms with Gasteiger partial charge in [-0.2, -0.15) is 0 Å². The summed E-state index contributed by atoms with van der Waals surface area (Å²) >= 11 is -1.08. The second-order valence-electron chi connectivity index (χ2n) is 11.9. The fourth-order valence-electron chi connectivity index (χ4n) is 5.70. The summed E-state index contributed by atoms with van der Waals surface area (Å²) in [5.41, 5.74) is 0.590. The molecule has 2 saturated heterocycles. The number of ether oxygens (including phenoxy) is 2. The minimum atomic E-state index is -1.59. The molecule has 5 rings (SSSR count). The highest BCUT2D eigenvalue weighted by Gasteiger charge is 2.47. The number of hydrogen-bond acceptors (Lipinski definition) is 10. The first-order valence-corrected chi connectivity index (χ1v) is 15.2. The minimum absolute atomic E-state index is 0.0426. The lowest BCUT2D eigenvalue weighted by Crippen LogP contribution is -2.57. The molecule has 0 amide bonds. The molecule has 2 fully saturated rings. The molecule has 2 aliphatic heterocycles. The van der Waals surface area contributed by atoms with Crippen molar-refractivity contribution in [2.24, 2.45) is 0 Å². The second-order valence-corrected chi connectivity index (χ2v) is 14.1. The van der Waals surface area contributed by atoms with Crippen LogP contribution >= 0.6 is 0 Å². The summed E-state index contributed by atoms with van der Waals surface area (Å²) in [7, 11) is 1.44. The van der Waals surface area contributed by atoms with Gasteiger partial charge in [-0.05, 0) is 45.7 Å². The van der Waals surface area contributed by atoms with Crippen LogP contribution in [-0.2, 0) is 27.3 Å². The highest BCUT2D eigenvalue weighted by molar-refractivity contribution is 7.90. The van der Waals surface area contributed by atoms with Crippen molar-refractivity contribution in [1.29, 1.82) is 0 Å². The Bertz CT molecular complexity index is 1370. The number of aliphatic hydroxyl groups excluding tert-OH is 2. The van der Waals surface area contributed by atoms with Gasteiger partial charge in [0.15, 0.2) is 17.5 Å². The highest BCUT2D eigenvalue weighted by atomic mass is 32.2. The topological polar surface area (TPSA) is 142 Å². The van der Waals surface area contributed by atoms with Crippen LogP contribution in [0.15, 0.2) is 28.9 Å². The smallest absolute Gasteiger partial charge is 0.194 e. The number of hydrogen-bond donors (Lipinski definition) is 2. The molecule has 6 atom stereocenters. The molecule has 3 aromatic rings. The van der Waals surface area contributed by atoms with Crippen LogP contribution < -0.4 is 0 Å². The third-order valence-electron chi connectivity index (χ3n) is 7.93. The van der Waals surface area contributed by atoms with Crippen molar-refractivity contribution in [3.8, 4) is 11.3 Å². The summed E-state index contributed by atoms with van der Waals surface area (Å²) in [6, 6.07) is 2.56. The zero-order valence-electron chi connectivity index (χ0n) is 24.3. The summed E-state index contributed by atoms with van der Waals surface area (Å²) < 4.78 is 74.3. The van der Waals surface area contributed by atoms with Crippen LogP contribution in [-0.4, -0.2) is 95.2 Å². The molecule has 0 bridgehead atoms. The Balaban J connectivity index is 1.31. The molecule has 0 spiro atoms. The fraction of sp³-hybridized carbons (Fsp3) is 0.607. The van der Waals surface area contributed by atoms with E-state index in [1.807, 2.05) is 31.1 Å². The van der Waals surface area contributed by atoms with E-state index in [1.54, 1.807) is 0 Å². The first-order valence-electron chi connectivity index (χ1n) is 14.1. The molecule has 236 valence electrons. The molecule has 2 N–H and O–H groups in total. The third kappa shape index (κ3) is 6.62. The van der Waals surface area contributed by atoms with Crippen molar-refractivity contribution in [2.75, 3.05) is 26.8 Å². The lowest BCUT2D eigenvalue weighted by molar-refractivity contribution is -0.212. The first-order chi connectivity index (χ1) is 20.4. The van der Waals surface area contributed by atoms with Crippen molar-refractivity contribution < 1.29 is 41.9 Å². The number of piperidine rings is 1. The molecular weight excluding hydrogens is 591 g/mol. The molecule has 1 unspecified atom stereocenters. The van der Waals surface area contributed by atoms with E-state index in [0.717, 1.165) is 30.7 Å². The maximum atomic E-state index is 13.8. The number of methoxy groups -OCH3 is 1.